The molecule has 1 aliphatic carbocycles. The Morgan fingerprint density at radius 2 is 2.15 bits per heavy atom. The molecule has 0 bridgehead atoms. The summed E-state index contributed by atoms with van der Waals surface area (Å²) in [4.78, 5) is 4.67. The van der Waals surface area contributed by atoms with Crippen LogP contribution in [-0.2, 0) is 26.3 Å². The molecule has 4 rings (SSSR count). The molecule has 140 valence electrons. The average Bonchev–Trinajstić information content (AvgIpc) is 3.20. The summed E-state index contributed by atoms with van der Waals surface area (Å²) in [6.07, 6.45) is 5.93. The van der Waals surface area contributed by atoms with Crippen LogP contribution in [0.5, 0.6) is 0 Å². The van der Waals surface area contributed by atoms with Gasteiger partial charge in [-0.3, -0.25) is 4.68 Å². The van der Waals surface area contributed by atoms with Crippen molar-refractivity contribution in [3.63, 3.8) is 0 Å². The maximum atomic E-state index is 5.62. The second kappa shape index (κ2) is 6.48. The summed E-state index contributed by atoms with van der Waals surface area (Å²) in [6.45, 7) is 10.5. The highest BCUT2D eigenvalue weighted by atomic mass is 16.5. The number of rotatable bonds is 4. The minimum Gasteiger partial charge on any atom is -0.332 e. The minimum absolute atomic E-state index is 0.308. The van der Waals surface area contributed by atoms with Gasteiger partial charge in [-0.05, 0) is 49.1 Å². The number of benzene rings is 1. The second-order valence-corrected chi connectivity index (χ2v) is 8.30. The van der Waals surface area contributed by atoms with Crippen molar-refractivity contribution >= 4 is 0 Å². The summed E-state index contributed by atoms with van der Waals surface area (Å²) in [7, 11) is 2.00. The lowest BCUT2D eigenvalue weighted by molar-refractivity contribution is 0.306. The zero-order chi connectivity index (χ0) is 19.2. The van der Waals surface area contributed by atoms with Crippen molar-refractivity contribution in [1.82, 2.24) is 19.9 Å². The smallest absolute Gasteiger partial charge is 0.279 e. The minimum atomic E-state index is 0.308. The molecule has 1 aliphatic rings. The van der Waals surface area contributed by atoms with E-state index in [1.165, 1.54) is 16.8 Å². The molecule has 0 aliphatic heterocycles. The summed E-state index contributed by atoms with van der Waals surface area (Å²) in [6, 6.07) is 6.29. The van der Waals surface area contributed by atoms with E-state index in [9.17, 15) is 0 Å². The number of allylic oxidation sites excluding steroid dienone is 1. The lowest BCUT2D eigenvalue weighted by Gasteiger charge is -2.29. The van der Waals surface area contributed by atoms with Gasteiger partial charge in [0.1, 0.15) is 0 Å². The number of aromatic nitrogens is 4. The molecule has 0 radical (unpaired) electrons. The summed E-state index contributed by atoms with van der Waals surface area (Å²) in [5.41, 5.74) is 7.04. The fourth-order valence-corrected chi connectivity index (χ4v) is 3.96. The van der Waals surface area contributed by atoms with Gasteiger partial charge in [0, 0.05) is 23.9 Å². The van der Waals surface area contributed by atoms with E-state index in [0.717, 1.165) is 42.5 Å². The number of aryl methyl sites for hydroxylation is 2. The van der Waals surface area contributed by atoms with Crippen LogP contribution in [0.25, 0.3) is 23.0 Å². The fraction of sp³-hybridized carbons (Fsp3) is 0.409. The summed E-state index contributed by atoms with van der Waals surface area (Å²) in [5, 5.41) is 8.94. The molecule has 1 aromatic carbocycles. The molecule has 0 amide bonds. The number of hydrogen-bond donors (Lipinski definition) is 0. The van der Waals surface area contributed by atoms with E-state index in [-0.39, 0.29) is 0 Å². The van der Waals surface area contributed by atoms with Gasteiger partial charge in [0.25, 0.3) is 5.89 Å². The van der Waals surface area contributed by atoms with Crippen LogP contribution in [0.15, 0.2) is 35.4 Å². The van der Waals surface area contributed by atoms with Crippen molar-refractivity contribution in [2.45, 2.75) is 46.5 Å². The Bertz CT molecular complexity index is 1010. The van der Waals surface area contributed by atoms with Gasteiger partial charge < -0.3 is 4.52 Å². The van der Waals surface area contributed by atoms with Crippen molar-refractivity contribution in [3.05, 3.63) is 53.2 Å². The first kappa shape index (κ1) is 17.7. The maximum absolute atomic E-state index is 5.62. The quantitative estimate of drug-likeness (QED) is 0.632. The zero-order valence-corrected chi connectivity index (χ0v) is 16.5. The largest absolute Gasteiger partial charge is 0.332 e. The first-order chi connectivity index (χ1) is 12.9. The molecule has 0 saturated heterocycles. The van der Waals surface area contributed by atoms with Crippen LogP contribution >= 0.6 is 0 Å². The number of hydrogen-bond acceptors (Lipinski definition) is 4. The SMILES string of the molecule is C=CCc1ccc(-c2noc(-c3nn(C)c4c3CCC(C)(C)C4)n2)c(C)c1. The van der Waals surface area contributed by atoms with Crippen molar-refractivity contribution < 1.29 is 4.52 Å². The van der Waals surface area contributed by atoms with Gasteiger partial charge in [-0.25, -0.2) is 0 Å². The van der Waals surface area contributed by atoms with Crippen molar-refractivity contribution in [2.75, 3.05) is 0 Å². The first-order valence-electron chi connectivity index (χ1n) is 9.47. The highest BCUT2D eigenvalue weighted by molar-refractivity contribution is 5.64. The average molecular weight is 362 g/mol. The van der Waals surface area contributed by atoms with Crippen LogP contribution < -0.4 is 0 Å². The van der Waals surface area contributed by atoms with Gasteiger partial charge in [-0.2, -0.15) is 10.1 Å². The molecule has 3 aromatic rings. The molecule has 2 aromatic heterocycles. The van der Waals surface area contributed by atoms with Crippen LogP contribution in [0.2, 0.25) is 0 Å². The number of fused-ring (bicyclic) bond motifs is 1. The standard InChI is InChI=1S/C22H26N4O/c1-6-7-15-8-9-16(14(2)12-15)20-23-21(27-25-20)19-17-10-11-22(3,4)13-18(17)26(5)24-19/h6,8-9,12H,1,7,10-11,13H2,2-5H3. The summed E-state index contributed by atoms with van der Waals surface area (Å²) < 4.78 is 7.59. The highest BCUT2D eigenvalue weighted by Crippen LogP contribution is 2.38. The lowest BCUT2D eigenvalue weighted by atomic mass is 9.76. The van der Waals surface area contributed by atoms with E-state index in [4.69, 9.17) is 9.62 Å². The molecule has 0 saturated carbocycles. The van der Waals surface area contributed by atoms with Crippen LogP contribution in [0.3, 0.4) is 0 Å². The predicted octanol–water partition coefficient (Wildman–Crippen LogP) is 4.69. The van der Waals surface area contributed by atoms with E-state index < -0.39 is 0 Å². The molecule has 5 nitrogen and oxygen atoms in total. The Kier molecular flexibility index (Phi) is 4.25. The van der Waals surface area contributed by atoms with Gasteiger partial charge in [0.2, 0.25) is 5.82 Å². The van der Waals surface area contributed by atoms with Gasteiger partial charge in [-0.15, -0.1) is 6.58 Å². The third-order valence-electron chi connectivity index (χ3n) is 5.51. The highest BCUT2D eigenvalue weighted by Gasteiger charge is 2.32. The molecular formula is C22H26N4O. The third kappa shape index (κ3) is 3.22. The molecule has 27 heavy (non-hydrogen) atoms. The van der Waals surface area contributed by atoms with Crippen molar-refractivity contribution in [1.29, 1.82) is 0 Å². The monoisotopic (exact) mass is 362 g/mol. The molecule has 0 N–H and O–H groups in total. The van der Waals surface area contributed by atoms with Gasteiger partial charge in [0.05, 0.1) is 0 Å². The van der Waals surface area contributed by atoms with E-state index >= 15 is 0 Å². The van der Waals surface area contributed by atoms with E-state index in [2.05, 4.69) is 55.7 Å². The van der Waals surface area contributed by atoms with Crippen LogP contribution in [0, 0.1) is 12.3 Å². The molecule has 2 heterocycles. The van der Waals surface area contributed by atoms with E-state index in [0.29, 0.717) is 17.1 Å². The summed E-state index contributed by atoms with van der Waals surface area (Å²) in [5.74, 6) is 1.12. The fourth-order valence-electron chi connectivity index (χ4n) is 3.96. The molecule has 0 spiro atoms. The predicted molar refractivity (Wildman–Crippen MR) is 106 cm³/mol. The Labute approximate surface area is 160 Å². The van der Waals surface area contributed by atoms with Gasteiger partial charge in [-0.1, -0.05) is 43.3 Å². The molecule has 0 fully saturated rings. The van der Waals surface area contributed by atoms with Crippen LogP contribution in [0.1, 0.15) is 42.7 Å². The van der Waals surface area contributed by atoms with Crippen LogP contribution in [-0.4, -0.2) is 19.9 Å². The maximum Gasteiger partial charge on any atom is 0.279 e. The Hall–Kier alpha value is -2.69. The van der Waals surface area contributed by atoms with Gasteiger partial charge in [0.15, 0.2) is 5.69 Å². The molecule has 0 atom stereocenters. The van der Waals surface area contributed by atoms with Crippen molar-refractivity contribution in [2.24, 2.45) is 12.5 Å². The Balaban J connectivity index is 1.69. The van der Waals surface area contributed by atoms with E-state index in [1.807, 2.05) is 17.8 Å². The second-order valence-electron chi connectivity index (χ2n) is 8.30. The normalized spacial score (nSPS) is 15.6. The summed E-state index contributed by atoms with van der Waals surface area (Å²) >= 11 is 0. The topological polar surface area (TPSA) is 56.7 Å². The third-order valence-corrected chi connectivity index (χ3v) is 5.51. The zero-order valence-electron chi connectivity index (χ0n) is 16.5. The van der Waals surface area contributed by atoms with Gasteiger partial charge >= 0.3 is 0 Å². The van der Waals surface area contributed by atoms with Crippen LogP contribution in [0.4, 0.5) is 0 Å². The van der Waals surface area contributed by atoms with E-state index in [1.54, 1.807) is 0 Å². The molecule has 5 heteroatoms. The molecule has 0 unspecified atom stereocenters. The Morgan fingerprint density at radius 1 is 1.33 bits per heavy atom. The molecular weight excluding hydrogens is 336 g/mol. The first-order valence-corrected chi connectivity index (χ1v) is 9.47. The Morgan fingerprint density at radius 3 is 2.89 bits per heavy atom. The lowest BCUT2D eigenvalue weighted by Crippen LogP contribution is -2.23. The van der Waals surface area contributed by atoms with Crippen molar-refractivity contribution in [3.8, 4) is 23.0 Å². The number of nitrogens with zero attached hydrogens (tertiary/aromatic N) is 4.